The Labute approximate surface area is 321 Å². The third-order valence-corrected chi connectivity index (χ3v) is 15.1. The lowest BCUT2D eigenvalue weighted by atomic mass is 9.45. The molecule has 0 heterocycles. The molecule has 52 heavy (non-hydrogen) atoms. The molecule has 0 N–H and O–H groups in total. The third-order valence-electron chi connectivity index (χ3n) is 15.1. The van der Waals surface area contributed by atoms with E-state index in [9.17, 15) is 9.59 Å². The first-order valence-corrected chi connectivity index (χ1v) is 19.1. The number of carbonyl (C=O) groups is 2. The van der Waals surface area contributed by atoms with Crippen molar-refractivity contribution >= 4 is 11.9 Å². The first kappa shape index (κ1) is 47.1. The van der Waals surface area contributed by atoms with Crippen LogP contribution in [0.3, 0.4) is 0 Å². The van der Waals surface area contributed by atoms with Crippen LogP contribution in [0, 0.1) is 32.5 Å². The molecule has 0 aliphatic heterocycles. The predicted molar refractivity (Wildman–Crippen MR) is 224 cm³/mol. The summed E-state index contributed by atoms with van der Waals surface area (Å²) in [5, 5.41) is 0. The van der Waals surface area contributed by atoms with Gasteiger partial charge in [-0.2, -0.15) is 0 Å². The van der Waals surface area contributed by atoms with Gasteiger partial charge in [0.05, 0.1) is 0 Å². The van der Waals surface area contributed by atoms with Gasteiger partial charge in [0.25, 0.3) is 0 Å². The van der Waals surface area contributed by atoms with Gasteiger partial charge in [-0.15, -0.1) is 0 Å². The fourth-order valence-corrected chi connectivity index (χ4v) is 7.27. The van der Waals surface area contributed by atoms with Crippen molar-refractivity contribution in [3.8, 4) is 0 Å². The monoisotopic (exact) mass is 719 g/mol. The minimum atomic E-state index is -0.367. The molecule has 0 aromatic heterocycles. The highest BCUT2D eigenvalue weighted by Gasteiger charge is 2.56. The van der Waals surface area contributed by atoms with Gasteiger partial charge in [0.15, 0.2) is 0 Å². The summed E-state index contributed by atoms with van der Waals surface area (Å²) in [6.07, 6.45) is 8.37. The van der Waals surface area contributed by atoms with Gasteiger partial charge >= 0.3 is 11.9 Å². The minimum Gasteiger partial charge on any atom is -0.458 e. The normalized spacial score (nSPS) is 14.6. The largest absolute Gasteiger partial charge is 0.458 e. The van der Waals surface area contributed by atoms with E-state index >= 15 is 0 Å². The second-order valence-corrected chi connectivity index (χ2v) is 20.8. The molecule has 1 aromatic rings. The minimum absolute atomic E-state index is 0.0529. The molecule has 0 radical (unpaired) electrons. The molecule has 0 spiro atoms. The van der Waals surface area contributed by atoms with E-state index in [1.807, 2.05) is 12.2 Å². The zero-order valence-electron chi connectivity index (χ0n) is 37.5. The number of rotatable bonds is 16. The second-order valence-electron chi connectivity index (χ2n) is 20.8. The van der Waals surface area contributed by atoms with Gasteiger partial charge in [0.2, 0.25) is 0 Å². The molecule has 1 aromatic carbocycles. The van der Waals surface area contributed by atoms with Gasteiger partial charge in [-0.3, -0.25) is 0 Å². The predicted octanol–water partition coefficient (Wildman–Crippen LogP) is 13.0. The standard InChI is InChI=1S/C48H78O4/c1-33(2)38(49)51-28-24-26-41(8,9)45(16,17)47(20,21)43(12,13)36-30-35(40(5,6)7)31-37(32-36)44(14,15)48(22,23)46(18,19)42(10,11)27-25-29-52-39(50)34(3)4/h24-27,30-32H,1,3,28-29H2,2,4-23H3/b26-24+,27-25+. The van der Waals surface area contributed by atoms with Crippen molar-refractivity contribution in [2.75, 3.05) is 13.2 Å². The summed E-state index contributed by atoms with van der Waals surface area (Å²) in [4.78, 5) is 24.0. The molecule has 4 nitrogen and oxygen atoms in total. The number of benzene rings is 1. The quantitative estimate of drug-likeness (QED) is 0.0970. The van der Waals surface area contributed by atoms with Crippen molar-refractivity contribution in [1.29, 1.82) is 0 Å². The maximum atomic E-state index is 12.0. The molecule has 0 amide bonds. The molecule has 0 aliphatic carbocycles. The van der Waals surface area contributed by atoms with E-state index in [4.69, 9.17) is 9.47 Å². The molecule has 1 rings (SSSR count). The topological polar surface area (TPSA) is 52.6 Å². The highest BCUT2D eigenvalue weighted by Crippen LogP contribution is 2.62. The van der Waals surface area contributed by atoms with Crippen LogP contribution in [0.4, 0.5) is 0 Å². The van der Waals surface area contributed by atoms with Gasteiger partial charge in [0.1, 0.15) is 13.2 Å². The van der Waals surface area contributed by atoms with Gasteiger partial charge in [-0.25, -0.2) is 9.59 Å². The summed E-state index contributed by atoms with van der Waals surface area (Å²) < 4.78 is 10.8. The molecule has 0 saturated carbocycles. The molecule has 4 heteroatoms. The third kappa shape index (κ3) is 9.07. The molecule has 0 saturated heterocycles. The Kier molecular flexibility index (Phi) is 14.0. The smallest absolute Gasteiger partial charge is 0.333 e. The van der Waals surface area contributed by atoms with Crippen LogP contribution in [-0.4, -0.2) is 25.2 Å². The maximum absolute atomic E-state index is 12.0. The number of carbonyl (C=O) groups excluding carboxylic acids is 2. The number of hydrogen-bond acceptors (Lipinski definition) is 4. The molecular formula is C48H78O4. The van der Waals surface area contributed by atoms with E-state index < -0.39 is 0 Å². The van der Waals surface area contributed by atoms with E-state index in [2.05, 4.69) is 175 Å². The fourth-order valence-electron chi connectivity index (χ4n) is 7.27. The summed E-state index contributed by atoms with van der Waals surface area (Å²) in [5.41, 5.74) is 3.13. The Bertz CT molecular complexity index is 1430. The van der Waals surface area contributed by atoms with Crippen molar-refractivity contribution < 1.29 is 19.1 Å². The second kappa shape index (κ2) is 15.5. The Morgan fingerprint density at radius 3 is 1.02 bits per heavy atom. The number of ether oxygens (including phenoxy) is 2. The first-order valence-electron chi connectivity index (χ1n) is 19.1. The van der Waals surface area contributed by atoms with Crippen molar-refractivity contribution in [3.63, 3.8) is 0 Å². The van der Waals surface area contributed by atoms with Crippen molar-refractivity contribution in [2.24, 2.45) is 32.5 Å². The van der Waals surface area contributed by atoms with Gasteiger partial charge in [-0.05, 0) is 79.3 Å². The van der Waals surface area contributed by atoms with Gasteiger partial charge in [-0.1, -0.05) is 187 Å². The molecular weight excluding hydrogens is 641 g/mol. The van der Waals surface area contributed by atoms with E-state index in [0.717, 1.165) is 0 Å². The highest BCUT2D eigenvalue weighted by atomic mass is 16.5. The lowest BCUT2D eigenvalue weighted by Gasteiger charge is -2.59. The van der Waals surface area contributed by atoms with Crippen LogP contribution < -0.4 is 0 Å². The SMILES string of the molecule is C=C(C)C(=O)OC/C=C/C(C)(C)C(C)(C)C(C)(C)C(C)(C)c1cc(C(C)(C)C)cc(C(C)(C)C(C)(C)C(C)(C)C(C)(C)/C=C/COC(=O)C(=C)C)c1. The zero-order valence-corrected chi connectivity index (χ0v) is 37.5. The first-order chi connectivity index (χ1) is 23.0. The number of hydrogen-bond donors (Lipinski definition) is 0. The number of allylic oxidation sites excluding steroid dienone is 2. The van der Waals surface area contributed by atoms with Gasteiger partial charge < -0.3 is 9.47 Å². The Hall–Kier alpha value is -2.88. The summed E-state index contributed by atoms with van der Waals surface area (Å²) in [7, 11) is 0. The van der Waals surface area contributed by atoms with Crippen molar-refractivity contribution in [3.05, 3.63) is 83.5 Å². The molecule has 0 fully saturated rings. The summed E-state index contributed by atoms with van der Waals surface area (Å²) >= 11 is 0. The Balaban J connectivity index is 3.83. The highest BCUT2D eigenvalue weighted by molar-refractivity contribution is 5.87. The summed E-state index contributed by atoms with van der Waals surface area (Å²) in [6, 6.07) is 7.40. The fraction of sp³-hybridized carbons (Fsp3) is 0.667. The molecule has 0 atom stereocenters. The van der Waals surface area contributed by atoms with E-state index in [0.29, 0.717) is 11.1 Å². The lowest BCUT2D eigenvalue weighted by molar-refractivity contribution is -0.138. The van der Waals surface area contributed by atoms with Crippen LogP contribution in [0.2, 0.25) is 0 Å². The molecule has 294 valence electrons. The van der Waals surface area contributed by atoms with E-state index in [1.54, 1.807) is 13.8 Å². The zero-order chi connectivity index (χ0) is 41.3. The average molecular weight is 719 g/mol. The van der Waals surface area contributed by atoms with Crippen LogP contribution in [0.1, 0.15) is 162 Å². The van der Waals surface area contributed by atoms with Crippen LogP contribution >= 0.6 is 0 Å². The van der Waals surface area contributed by atoms with Crippen molar-refractivity contribution in [1.82, 2.24) is 0 Å². The van der Waals surface area contributed by atoms with E-state index in [-0.39, 0.29) is 73.9 Å². The van der Waals surface area contributed by atoms with Crippen molar-refractivity contribution in [2.45, 2.75) is 162 Å². The van der Waals surface area contributed by atoms with Crippen LogP contribution in [0.5, 0.6) is 0 Å². The van der Waals surface area contributed by atoms with Crippen LogP contribution in [-0.2, 0) is 35.3 Å². The van der Waals surface area contributed by atoms with Crippen LogP contribution in [0.15, 0.2) is 66.8 Å². The maximum Gasteiger partial charge on any atom is 0.333 e. The Morgan fingerprint density at radius 1 is 0.500 bits per heavy atom. The lowest BCUT2D eigenvalue weighted by Crippen LogP contribution is -2.54. The Morgan fingerprint density at radius 2 is 0.769 bits per heavy atom. The summed E-state index contributed by atoms with van der Waals surface area (Å²) in [5.74, 6) is -0.734. The molecule has 0 bridgehead atoms. The van der Waals surface area contributed by atoms with Crippen LogP contribution in [0.25, 0.3) is 0 Å². The molecule has 0 unspecified atom stereocenters. The average Bonchev–Trinajstić information content (AvgIpc) is 2.99. The molecule has 0 aliphatic rings. The summed E-state index contributed by atoms with van der Waals surface area (Å²) in [6.45, 7) is 56.0. The van der Waals surface area contributed by atoms with E-state index in [1.165, 1.54) is 16.7 Å². The van der Waals surface area contributed by atoms with Gasteiger partial charge in [0, 0.05) is 11.1 Å². The number of esters is 2.